The Balaban J connectivity index is 2.49. The van der Waals surface area contributed by atoms with Gasteiger partial charge in [-0.1, -0.05) is 15.9 Å². The van der Waals surface area contributed by atoms with Crippen molar-refractivity contribution in [3.05, 3.63) is 22.4 Å². The zero-order chi connectivity index (χ0) is 8.97. The second-order valence-electron chi connectivity index (χ2n) is 2.48. The molecule has 1 unspecified atom stereocenters. The summed E-state index contributed by atoms with van der Waals surface area (Å²) >= 11 is 4.74. The van der Waals surface area contributed by atoms with Crippen LogP contribution < -0.4 is 5.32 Å². The number of carbonyl (C=O) groups is 1. The van der Waals surface area contributed by atoms with Gasteiger partial charge in [0.15, 0.2) is 0 Å². The van der Waals surface area contributed by atoms with E-state index in [-0.39, 0.29) is 11.9 Å². The normalized spacial score (nSPS) is 12.5. The number of halogens is 1. The van der Waals surface area contributed by atoms with Crippen molar-refractivity contribution in [2.75, 3.05) is 5.33 Å². The average molecular weight is 248 g/mol. The Hall–Kier alpha value is -0.350. The van der Waals surface area contributed by atoms with Gasteiger partial charge in [-0.05, 0) is 29.3 Å². The van der Waals surface area contributed by atoms with Crippen LogP contribution in [0.3, 0.4) is 0 Å². The van der Waals surface area contributed by atoms with Crippen molar-refractivity contribution in [3.63, 3.8) is 0 Å². The number of rotatable bonds is 3. The Morgan fingerprint density at radius 1 is 1.83 bits per heavy atom. The first-order valence-corrected chi connectivity index (χ1v) is 5.68. The van der Waals surface area contributed by atoms with Crippen LogP contribution in [0.2, 0.25) is 0 Å². The highest BCUT2D eigenvalue weighted by atomic mass is 79.9. The van der Waals surface area contributed by atoms with Crippen LogP contribution in [-0.2, 0) is 4.79 Å². The molecule has 1 atom stereocenters. The molecule has 0 saturated heterocycles. The monoisotopic (exact) mass is 247 g/mol. The van der Waals surface area contributed by atoms with Gasteiger partial charge < -0.3 is 5.32 Å². The maximum Gasteiger partial charge on any atom is 0.231 e. The van der Waals surface area contributed by atoms with Gasteiger partial charge in [0.1, 0.15) is 0 Å². The van der Waals surface area contributed by atoms with Gasteiger partial charge in [-0.15, -0.1) is 0 Å². The number of hydrogen-bond donors (Lipinski definition) is 1. The summed E-state index contributed by atoms with van der Waals surface area (Å²) in [7, 11) is 0. The van der Waals surface area contributed by atoms with Crippen LogP contribution in [0.4, 0.5) is 0 Å². The lowest BCUT2D eigenvalue weighted by Gasteiger charge is -2.10. The maximum absolute atomic E-state index is 11.0. The number of alkyl halides is 1. The summed E-state index contributed by atoms with van der Waals surface area (Å²) < 4.78 is 0. The highest BCUT2D eigenvalue weighted by Gasteiger charge is 2.07. The van der Waals surface area contributed by atoms with E-state index in [1.54, 1.807) is 11.3 Å². The van der Waals surface area contributed by atoms with Gasteiger partial charge in [0.05, 0.1) is 11.4 Å². The van der Waals surface area contributed by atoms with Gasteiger partial charge in [-0.25, -0.2) is 0 Å². The summed E-state index contributed by atoms with van der Waals surface area (Å²) in [5.74, 6) is 0.0219. The average Bonchev–Trinajstić information content (AvgIpc) is 2.56. The molecule has 1 rings (SSSR count). The molecule has 0 aliphatic carbocycles. The minimum atomic E-state index is 0.0219. The van der Waals surface area contributed by atoms with Crippen LogP contribution in [-0.4, -0.2) is 11.2 Å². The predicted molar refractivity (Wildman–Crippen MR) is 54.7 cm³/mol. The molecule has 0 radical (unpaired) electrons. The Labute approximate surface area is 84.1 Å². The van der Waals surface area contributed by atoms with Crippen molar-refractivity contribution in [2.24, 2.45) is 0 Å². The Morgan fingerprint density at radius 3 is 3.08 bits per heavy atom. The molecule has 66 valence electrons. The van der Waals surface area contributed by atoms with Gasteiger partial charge in [0.25, 0.3) is 0 Å². The van der Waals surface area contributed by atoms with Gasteiger partial charge >= 0.3 is 0 Å². The fourth-order valence-corrected chi connectivity index (χ4v) is 1.80. The van der Waals surface area contributed by atoms with E-state index in [0.717, 1.165) is 5.56 Å². The number of carbonyl (C=O) groups excluding carboxylic acids is 1. The first kappa shape index (κ1) is 9.74. The molecule has 4 heteroatoms. The minimum absolute atomic E-state index is 0.0219. The van der Waals surface area contributed by atoms with Crippen molar-refractivity contribution in [3.8, 4) is 0 Å². The topological polar surface area (TPSA) is 29.1 Å². The largest absolute Gasteiger partial charge is 0.349 e. The molecule has 1 N–H and O–H groups in total. The summed E-state index contributed by atoms with van der Waals surface area (Å²) in [6.45, 7) is 1.97. The molecule has 2 nitrogen and oxygen atoms in total. The quantitative estimate of drug-likeness (QED) is 0.817. The maximum atomic E-state index is 11.0. The van der Waals surface area contributed by atoms with Crippen LogP contribution >= 0.6 is 27.3 Å². The minimum Gasteiger partial charge on any atom is -0.349 e. The van der Waals surface area contributed by atoms with Gasteiger partial charge in [0, 0.05) is 0 Å². The molecule has 0 spiro atoms. The molecule has 12 heavy (non-hydrogen) atoms. The van der Waals surface area contributed by atoms with Gasteiger partial charge in [-0.2, -0.15) is 11.3 Å². The third-order valence-corrected chi connectivity index (χ3v) is 2.75. The number of nitrogens with one attached hydrogen (secondary N) is 1. The van der Waals surface area contributed by atoms with Crippen LogP contribution in [0.1, 0.15) is 18.5 Å². The lowest BCUT2D eigenvalue weighted by molar-refractivity contribution is -0.119. The molecule has 1 aromatic rings. The predicted octanol–water partition coefficient (Wildman–Crippen LogP) is 2.32. The highest BCUT2D eigenvalue weighted by Crippen LogP contribution is 2.15. The number of thiophene rings is 1. The smallest absolute Gasteiger partial charge is 0.231 e. The molecule has 0 aliphatic rings. The summed E-state index contributed by atoms with van der Waals surface area (Å²) in [6, 6.07) is 2.13. The molecular formula is C8H10BrNOS. The second kappa shape index (κ2) is 4.62. The van der Waals surface area contributed by atoms with E-state index in [1.165, 1.54) is 0 Å². The Morgan fingerprint density at radius 2 is 2.58 bits per heavy atom. The van der Waals surface area contributed by atoms with E-state index in [1.807, 2.05) is 23.8 Å². The van der Waals surface area contributed by atoms with E-state index in [4.69, 9.17) is 0 Å². The zero-order valence-electron chi connectivity index (χ0n) is 6.71. The first-order chi connectivity index (χ1) is 5.74. The fourth-order valence-electron chi connectivity index (χ4n) is 0.885. The van der Waals surface area contributed by atoms with Crippen LogP contribution in [0.15, 0.2) is 16.8 Å². The second-order valence-corrected chi connectivity index (χ2v) is 3.82. The Bertz CT molecular complexity index is 248. The lowest BCUT2D eigenvalue weighted by atomic mass is 10.2. The van der Waals surface area contributed by atoms with Gasteiger partial charge in [-0.3, -0.25) is 4.79 Å². The molecule has 0 fully saturated rings. The van der Waals surface area contributed by atoms with E-state index >= 15 is 0 Å². The summed E-state index contributed by atoms with van der Waals surface area (Å²) in [6.07, 6.45) is 0. The van der Waals surface area contributed by atoms with E-state index in [0.29, 0.717) is 5.33 Å². The lowest BCUT2D eigenvalue weighted by Crippen LogP contribution is -2.26. The summed E-state index contributed by atoms with van der Waals surface area (Å²) in [5, 5.41) is 7.26. The fraction of sp³-hybridized carbons (Fsp3) is 0.375. The number of hydrogen-bond acceptors (Lipinski definition) is 2. The zero-order valence-corrected chi connectivity index (χ0v) is 9.11. The third-order valence-electron chi connectivity index (χ3n) is 1.54. The van der Waals surface area contributed by atoms with Crippen molar-refractivity contribution >= 4 is 33.2 Å². The summed E-state index contributed by atoms with van der Waals surface area (Å²) in [5.41, 5.74) is 1.16. The molecule has 1 amide bonds. The number of amides is 1. The van der Waals surface area contributed by atoms with Crippen LogP contribution in [0, 0.1) is 0 Å². The van der Waals surface area contributed by atoms with Crippen molar-refractivity contribution in [2.45, 2.75) is 13.0 Å². The highest BCUT2D eigenvalue weighted by molar-refractivity contribution is 9.09. The van der Waals surface area contributed by atoms with Crippen molar-refractivity contribution < 1.29 is 4.79 Å². The molecular weight excluding hydrogens is 238 g/mol. The molecule has 0 bridgehead atoms. The Kier molecular flexibility index (Phi) is 3.75. The van der Waals surface area contributed by atoms with E-state index < -0.39 is 0 Å². The van der Waals surface area contributed by atoms with Crippen molar-refractivity contribution in [1.29, 1.82) is 0 Å². The van der Waals surface area contributed by atoms with E-state index in [2.05, 4.69) is 21.2 Å². The first-order valence-electron chi connectivity index (χ1n) is 3.61. The van der Waals surface area contributed by atoms with Crippen molar-refractivity contribution in [1.82, 2.24) is 5.32 Å². The standard InChI is InChI=1S/C8H10BrNOS/c1-6(10-8(11)4-9)7-2-3-12-5-7/h2-3,5-6H,4H2,1H3,(H,10,11). The van der Waals surface area contributed by atoms with Crippen LogP contribution in [0.5, 0.6) is 0 Å². The SMILES string of the molecule is CC(NC(=O)CBr)c1ccsc1. The molecule has 0 aromatic carbocycles. The van der Waals surface area contributed by atoms with Gasteiger partial charge in [0.2, 0.25) is 5.91 Å². The molecule has 1 aromatic heterocycles. The summed E-state index contributed by atoms with van der Waals surface area (Å²) in [4.78, 5) is 11.0. The molecule has 0 aliphatic heterocycles. The van der Waals surface area contributed by atoms with E-state index in [9.17, 15) is 4.79 Å². The molecule has 1 heterocycles. The molecule has 0 saturated carbocycles. The van der Waals surface area contributed by atoms with Crippen LogP contribution in [0.25, 0.3) is 0 Å². The third kappa shape index (κ3) is 2.60.